The zero-order valence-electron chi connectivity index (χ0n) is 34.8. The lowest BCUT2D eigenvalue weighted by atomic mass is 9.97. The van der Waals surface area contributed by atoms with Gasteiger partial charge in [-0.25, -0.2) is 0 Å². The van der Waals surface area contributed by atoms with Crippen LogP contribution in [-0.2, 0) is 19.3 Å². The van der Waals surface area contributed by atoms with Crippen molar-refractivity contribution in [3.8, 4) is 0 Å². The Balaban J connectivity index is 1.77. The van der Waals surface area contributed by atoms with E-state index in [1.807, 2.05) is 0 Å². The number of benzene rings is 6. The van der Waals surface area contributed by atoms with E-state index >= 15 is 0 Å². The predicted octanol–water partition coefficient (Wildman–Crippen LogP) is 11.6. The molecule has 6 aromatic carbocycles. The van der Waals surface area contributed by atoms with Gasteiger partial charge in [0.1, 0.15) is 0 Å². The molecule has 0 aliphatic heterocycles. The van der Waals surface area contributed by atoms with Crippen LogP contribution >= 0.6 is 0 Å². The molecule has 0 aromatic heterocycles. The van der Waals surface area contributed by atoms with Gasteiger partial charge in [0.2, 0.25) is 0 Å². The van der Waals surface area contributed by atoms with Crippen molar-refractivity contribution < 1.29 is 0 Å². The summed E-state index contributed by atoms with van der Waals surface area (Å²) >= 11 is 0. The average molecular weight is 735 g/mol. The quantitative estimate of drug-likeness (QED) is 0.0971. The van der Waals surface area contributed by atoms with E-state index in [0.29, 0.717) is 5.92 Å². The number of hydrogen-bond acceptors (Lipinski definition) is 0. The highest BCUT2D eigenvalue weighted by atomic mass is 28.3. The fourth-order valence-electron chi connectivity index (χ4n) is 10.0. The Labute approximate surface area is 332 Å². The molecule has 0 amide bonds. The molecule has 0 N–H and O–H groups in total. The van der Waals surface area contributed by atoms with Crippen LogP contribution in [0.4, 0.5) is 0 Å². The Kier molecular flexibility index (Phi) is 10.9. The van der Waals surface area contributed by atoms with Crippen molar-refractivity contribution in [1.29, 1.82) is 0 Å². The molecule has 278 valence electrons. The summed E-state index contributed by atoms with van der Waals surface area (Å²) in [7, 11) is -3.19. The van der Waals surface area contributed by atoms with E-state index in [0.717, 1.165) is 19.3 Å². The summed E-state index contributed by atoms with van der Waals surface area (Å²) < 4.78 is 0. The van der Waals surface area contributed by atoms with Gasteiger partial charge in [-0.15, -0.1) is 0 Å². The third-order valence-electron chi connectivity index (χ3n) is 13.1. The highest BCUT2D eigenvalue weighted by Gasteiger charge is 2.53. The maximum absolute atomic E-state index is 3.19. The lowest BCUT2D eigenvalue weighted by Gasteiger charge is -2.45. The van der Waals surface area contributed by atoms with Gasteiger partial charge in [0.15, 0.2) is 8.07 Å². The number of allylic oxidation sites excluding steroid dienone is 4. The molecule has 1 aliphatic rings. The molecule has 7 rings (SSSR count). The molecule has 0 spiro atoms. The Hall–Kier alpha value is -4.98. The van der Waals surface area contributed by atoms with Crippen molar-refractivity contribution in [2.75, 3.05) is 0 Å². The minimum Gasteiger partial charge on any atom is -0.0636 e. The van der Waals surface area contributed by atoms with Gasteiger partial charge in [-0.3, -0.25) is 0 Å². The standard InChI is InChI=1S/C54H58Si/c1-35-26-29-38(4)51(48(35)32-45-20-14-11-15-21-45)55(54-43(9)41(7)42(8)44(54)10,52-39(5)30-27-36(2)49(52)33-46-22-16-12-17-23-46)53-40(6)31-28-37(3)50(53)34-47-24-18-13-19-25-47/h11-31,43H,32-34H2,1-10H3. The van der Waals surface area contributed by atoms with Crippen LogP contribution in [0.3, 0.4) is 0 Å². The summed E-state index contributed by atoms with van der Waals surface area (Å²) in [4.78, 5) is 0. The predicted molar refractivity (Wildman–Crippen MR) is 240 cm³/mol. The molecule has 1 unspecified atom stereocenters. The van der Waals surface area contributed by atoms with Crippen LogP contribution in [0.15, 0.2) is 149 Å². The van der Waals surface area contributed by atoms with Gasteiger partial charge in [-0.2, -0.15) is 0 Å². The molecule has 0 saturated carbocycles. The van der Waals surface area contributed by atoms with E-state index in [9.17, 15) is 0 Å². The van der Waals surface area contributed by atoms with Crippen molar-refractivity contribution in [2.45, 2.75) is 88.5 Å². The highest BCUT2D eigenvalue weighted by molar-refractivity contribution is 7.17. The van der Waals surface area contributed by atoms with E-state index in [4.69, 9.17) is 0 Å². The molecular weight excluding hydrogens is 677 g/mol. The summed E-state index contributed by atoms with van der Waals surface area (Å²) in [5.74, 6) is 0.310. The molecular formula is C54H58Si. The van der Waals surface area contributed by atoms with Gasteiger partial charge in [0, 0.05) is 0 Å². The van der Waals surface area contributed by atoms with Gasteiger partial charge in [-0.05, 0) is 159 Å². The molecule has 0 heterocycles. The van der Waals surface area contributed by atoms with Crippen LogP contribution in [0.5, 0.6) is 0 Å². The number of rotatable bonds is 10. The van der Waals surface area contributed by atoms with Crippen LogP contribution in [0.25, 0.3) is 0 Å². The Morgan fingerprint density at radius 2 is 0.655 bits per heavy atom. The van der Waals surface area contributed by atoms with E-state index in [1.165, 1.54) is 83.5 Å². The molecule has 1 heteroatoms. The monoisotopic (exact) mass is 734 g/mol. The SMILES string of the molecule is CC1=C(C)C(C)C([Si](c2c(C)ccc(C)c2Cc2ccccc2)(c2c(C)ccc(C)c2Cc2ccccc2)c2c(C)ccc(C)c2Cc2ccccc2)=C1C. The zero-order valence-corrected chi connectivity index (χ0v) is 35.8. The highest BCUT2D eigenvalue weighted by Crippen LogP contribution is 2.44. The minimum absolute atomic E-state index is 0.310. The van der Waals surface area contributed by atoms with Crippen molar-refractivity contribution in [3.63, 3.8) is 0 Å². The first-order valence-electron chi connectivity index (χ1n) is 20.2. The van der Waals surface area contributed by atoms with Gasteiger partial charge < -0.3 is 0 Å². The second-order valence-electron chi connectivity index (χ2n) is 16.5. The molecule has 1 aliphatic carbocycles. The first-order valence-corrected chi connectivity index (χ1v) is 22.2. The molecule has 0 nitrogen and oxygen atoms in total. The third kappa shape index (κ3) is 6.82. The second-order valence-corrected chi connectivity index (χ2v) is 20.0. The fourth-order valence-corrected chi connectivity index (χ4v) is 17.4. The van der Waals surface area contributed by atoms with Gasteiger partial charge in [0.25, 0.3) is 0 Å². The van der Waals surface area contributed by atoms with Crippen LogP contribution in [0.1, 0.15) is 94.5 Å². The summed E-state index contributed by atoms with van der Waals surface area (Å²) in [6.07, 6.45) is 2.72. The van der Waals surface area contributed by atoms with Crippen molar-refractivity contribution >= 4 is 23.6 Å². The van der Waals surface area contributed by atoms with Crippen LogP contribution < -0.4 is 15.6 Å². The summed E-state index contributed by atoms with van der Waals surface area (Å²) in [6, 6.07) is 48.2. The molecule has 6 aromatic rings. The Bertz CT molecular complexity index is 2190. The van der Waals surface area contributed by atoms with Crippen molar-refractivity contribution in [2.24, 2.45) is 5.92 Å². The van der Waals surface area contributed by atoms with Crippen LogP contribution in [0, 0.1) is 47.5 Å². The third-order valence-corrected chi connectivity index (χ3v) is 19.1. The lowest BCUT2D eigenvalue weighted by Crippen LogP contribution is -2.74. The maximum atomic E-state index is 2.53. The van der Waals surface area contributed by atoms with Gasteiger partial charge in [-0.1, -0.05) is 167 Å². The number of aryl methyl sites for hydroxylation is 6. The molecule has 1 atom stereocenters. The first kappa shape index (κ1) is 38.3. The Morgan fingerprint density at radius 3 is 0.927 bits per heavy atom. The molecule has 0 bridgehead atoms. The van der Waals surface area contributed by atoms with Crippen LogP contribution in [-0.4, -0.2) is 8.07 Å². The van der Waals surface area contributed by atoms with Crippen molar-refractivity contribution in [1.82, 2.24) is 0 Å². The van der Waals surface area contributed by atoms with E-state index < -0.39 is 8.07 Å². The normalized spacial score (nSPS) is 14.6. The van der Waals surface area contributed by atoms with E-state index in [2.05, 4.69) is 197 Å². The van der Waals surface area contributed by atoms with Gasteiger partial charge >= 0.3 is 0 Å². The number of hydrogen-bond donors (Lipinski definition) is 0. The molecule has 0 radical (unpaired) electrons. The Morgan fingerprint density at radius 1 is 0.364 bits per heavy atom. The smallest absolute Gasteiger partial charge is 0.0636 e. The zero-order chi connectivity index (χ0) is 39.0. The topological polar surface area (TPSA) is 0 Å². The minimum atomic E-state index is -3.19. The van der Waals surface area contributed by atoms with E-state index in [1.54, 1.807) is 20.8 Å². The van der Waals surface area contributed by atoms with E-state index in [-0.39, 0.29) is 0 Å². The fraction of sp³-hybridized carbons (Fsp3) is 0.259. The van der Waals surface area contributed by atoms with Crippen LogP contribution in [0.2, 0.25) is 0 Å². The molecule has 0 fully saturated rings. The molecule has 0 saturated heterocycles. The summed E-state index contributed by atoms with van der Waals surface area (Å²) in [5, 5.41) is 6.49. The first-order chi connectivity index (χ1) is 26.4. The average Bonchev–Trinajstić information content (AvgIpc) is 3.38. The van der Waals surface area contributed by atoms with Gasteiger partial charge in [0.05, 0.1) is 0 Å². The molecule has 55 heavy (non-hydrogen) atoms. The largest absolute Gasteiger partial charge is 0.178 e. The lowest BCUT2D eigenvalue weighted by molar-refractivity contribution is 0.850. The summed E-state index contributed by atoms with van der Waals surface area (Å²) in [5.41, 5.74) is 21.5. The second kappa shape index (κ2) is 15.6. The van der Waals surface area contributed by atoms with Crippen molar-refractivity contribution in [3.05, 3.63) is 216 Å². The summed E-state index contributed by atoms with van der Waals surface area (Å²) in [6.45, 7) is 24.2. The maximum Gasteiger partial charge on any atom is 0.178 e.